The molecule has 21 heavy (non-hydrogen) atoms. The Bertz CT molecular complexity index is 645. The van der Waals surface area contributed by atoms with Gasteiger partial charge in [-0.1, -0.05) is 11.6 Å². The van der Waals surface area contributed by atoms with Crippen molar-refractivity contribution < 1.29 is 13.2 Å². The van der Waals surface area contributed by atoms with Crippen LogP contribution < -0.4 is 5.73 Å². The lowest BCUT2D eigenvalue weighted by molar-refractivity contribution is -0.119. The molecule has 0 aliphatic carbocycles. The number of hydrogen-bond donors (Lipinski definition) is 1. The van der Waals surface area contributed by atoms with Crippen LogP contribution in [0.15, 0.2) is 21.6 Å². The van der Waals surface area contributed by atoms with Gasteiger partial charge in [-0.2, -0.15) is 4.31 Å². The average Bonchev–Trinajstić information content (AvgIpc) is 2.41. The molecule has 0 bridgehead atoms. The predicted octanol–water partition coefficient (Wildman–Crippen LogP) is 1.77. The minimum absolute atomic E-state index is 0.00751. The summed E-state index contributed by atoms with van der Waals surface area (Å²) in [6, 6.07) is 1.44. The van der Waals surface area contributed by atoms with Crippen molar-refractivity contribution in [1.29, 1.82) is 0 Å². The van der Waals surface area contributed by atoms with Gasteiger partial charge in [0.05, 0.1) is 0 Å². The molecule has 1 aliphatic rings. The second kappa shape index (κ2) is 6.60. The summed E-state index contributed by atoms with van der Waals surface area (Å²) in [6.07, 6.45) is 2.97. The third kappa shape index (κ3) is 3.94. The fourth-order valence-electron chi connectivity index (χ4n) is 2.36. The Hall–Kier alpha value is -0.700. The van der Waals surface area contributed by atoms with Crippen LogP contribution in [0.1, 0.15) is 19.3 Å². The lowest BCUT2D eigenvalue weighted by Gasteiger charge is -2.30. The number of amides is 1. The van der Waals surface area contributed by atoms with E-state index in [0.29, 0.717) is 36.8 Å². The first-order valence-electron chi connectivity index (χ1n) is 6.40. The maximum atomic E-state index is 12.6. The smallest absolute Gasteiger partial charge is 0.246 e. The van der Waals surface area contributed by atoms with Crippen LogP contribution in [0.4, 0.5) is 0 Å². The molecule has 0 saturated carbocycles. The van der Waals surface area contributed by atoms with Gasteiger partial charge in [0.1, 0.15) is 10.0 Å². The summed E-state index contributed by atoms with van der Waals surface area (Å²) in [7, 11) is -3.67. The molecule has 2 N–H and O–H groups in total. The fourth-order valence-corrected chi connectivity index (χ4v) is 4.75. The molecule has 0 unspecified atom stereocenters. The Kier molecular flexibility index (Phi) is 5.24. The van der Waals surface area contributed by atoms with E-state index < -0.39 is 10.0 Å². The van der Waals surface area contributed by atoms with Gasteiger partial charge in [-0.3, -0.25) is 4.79 Å². The largest absolute Gasteiger partial charge is 0.370 e. The van der Waals surface area contributed by atoms with Crippen molar-refractivity contribution in [3.05, 3.63) is 21.9 Å². The van der Waals surface area contributed by atoms with Gasteiger partial charge < -0.3 is 5.73 Å². The molecule has 1 fully saturated rings. The molecule has 1 amide bonds. The molecule has 1 aromatic rings. The van der Waals surface area contributed by atoms with Crippen LogP contribution in [0.3, 0.4) is 0 Å². The van der Waals surface area contributed by atoms with E-state index in [1.54, 1.807) is 0 Å². The molecule has 9 heteroatoms. The maximum absolute atomic E-state index is 12.6. The summed E-state index contributed by atoms with van der Waals surface area (Å²) in [6.45, 7) is 0.701. The lowest BCUT2D eigenvalue weighted by atomic mass is 9.94. The van der Waals surface area contributed by atoms with Gasteiger partial charge >= 0.3 is 0 Å². The van der Waals surface area contributed by atoms with Crippen molar-refractivity contribution in [3.63, 3.8) is 0 Å². The highest BCUT2D eigenvalue weighted by atomic mass is 79.9. The number of aromatic nitrogens is 1. The number of primary amides is 1. The topological polar surface area (TPSA) is 93.4 Å². The second-order valence-electron chi connectivity index (χ2n) is 4.96. The number of pyridine rings is 1. The highest BCUT2D eigenvalue weighted by Gasteiger charge is 2.31. The second-order valence-corrected chi connectivity index (χ2v) is 8.14. The van der Waals surface area contributed by atoms with Crippen molar-refractivity contribution in [2.75, 3.05) is 13.1 Å². The van der Waals surface area contributed by atoms with Crippen LogP contribution in [0, 0.1) is 5.92 Å². The molecule has 0 spiro atoms. The molecular formula is C12H15BrClN3O3S. The molecule has 2 rings (SSSR count). The van der Waals surface area contributed by atoms with Gasteiger partial charge in [0.25, 0.3) is 0 Å². The van der Waals surface area contributed by atoms with E-state index in [4.69, 9.17) is 17.3 Å². The van der Waals surface area contributed by atoms with Crippen LogP contribution in [-0.4, -0.2) is 36.7 Å². The summed E-state index contributed by atoms with van der Waals surface area (Å²) in [5.74, 6) is -0.208. The van der Waals surface area contributed by atoms with E-state index in [1.807, 2.05) is 0 Å². The quantitative estimate of drug-likeness (QED) is 0.785. The molecule has 6 nitrogen and oxygen atoms in total. The zero-order valence-corrected chi connectivity index (χ0v) is 14.3. The normalized spacial score (nSPS) is 17.8. The Morgan fingerprint density at radius 1 is 1.48 bits per heavy atom. The van der Waals surface area contributed by atoms with Crippen molar-refractivity contribution in [2.45, 2.75) is 24.2 Å². The standard InChI is InChI=1S/C12H15BrClN3O3S/c13-9-6-10(12(14)16-7-9)21(19,20)17-3-1-8(2-4-17)5-11(15)18/h6-8H,1-5H2,(H2,15,18). The van der Waals surface area contributed by atoms with Gasteiger partial charge in [0, 0.05) is 30.2 Å². The number of hydrogen-bond acceptors (Lipinski definition) is 4. The monoisotopic (exact) mass is 395 g/mol. The van der Waals surface area contributed by atoms with Gasteiger partial charge in [-0.15, -0.1) is 0 Å². The van der Waals surface area contributed by atoms with Gasteiger partial charge in [-0.25, -0.2) is 13.4 Å². The Labute approximate surface area is 136 Å². The molecule has 1 aromatic heterocycles. The van der Waals surface area contributed by atoms with Crippen LogP contribution in [0.5, 0.6) is 0 Å². The highest BCUT2D eigenvalue weighted by molar-refractivity contribution is 9.10. The number of nitrogens with two attached hydrogens (primary N) is 1. The van der Waals surface area contributed by atoms with Gasteiger partial charge in [0.2, 0.25) is 15.9 Å². The minimum atomic E-state index is -3.67. The molecular weight excluding hydrogens is 382 g/mol. The summed E-state index contributed by atoms with van der Waals surface area (Å²) >= 11 is 9.09. The fraction of sp³-hybridized carbons (Fsp3) is 0.500. The number of carbonyl (C=O) groups excluding carboxylic acids is 1. The van der Waals surface area contributed by atoms with Gasteiger partial charge in [0.15, 0.2) is 0 Å². The Balaban J connectivity index is 2.15. The lowest BCUT2D eigenvalue weighted by Crippen LogP contribution is -2.39. The molecule has 0 radical (unpaired) electrons. The van der Waals surface area contributed by atoms with Crippen LogP contribution in [0.25, 0.3) is 0 Å². The molecule has 2 heterocycles. The van der Waals surface area contributed by atoms with E-state index in [-0.39, 0.29) is 21.9 Å². The molecule has 1 saturated heterocycles. The third-order valence-corrected chi connectivity index (χ3v) is 6.21. The third-order valence-electron chi connectivity index (χ3n) is 3.45. The summed E-state index contributed by atoms with van der Waals surface area (Å²) < 4.78 is 27.1. The number of piperidine rings is 1. The molecule has 1 aliphatic heterocycles. The highest BCUT2D eigenvalue weighted by Crippen LogP contribution is 2.29. The summed E-state index contributed by atoms with van der Waals surface area (Å²) in [5.41, 5.74) is 5.17. The Morgan fingerprint density at radius 3 is 2.67 bits per heavy atom. The molecule has 116 valence electrons. The number of nitrogens with zero attached hydrogens (tertiary/aromatic N) is 2. The number of halogens is 2. The van der Waals surface area contributed by atoms with Crippen LogP contribution in [-0.2, 0) is 14.8 Å². The SMILES string of the molecule is NC(=O)CC1CCN(S(=O)(=O)c2cc(Br)cnc2Cl)CC1. The van der Waals surface area contributed by atoms with E-state index in [9.17, 15) is 13.2 Å². The Morgan fingerprint density at radius 2 is 2.10 bits per heavy atom. The van der Waals surface area contributed by atoms with Crippen molar-refractivity contribution >= 4 is 43.5 Å². The van der Waals surface area contributed by atoms with Crippen molar-refractivity contribution in [3.8, 4) is 0 Å². The first kappa shape index (κ1) is 16.7. The van der Waals surface area contributed by atoms with E-state index in [1.165, 1.54) is 16.6 Å². The molecule has 0 aromatic carbocycles. The minimum Gasteiger partial charge on any atom is -0.370 e. The van der Waals surface area contributed by atoms with Crippen LogP contribution in [0.2, 0.25) is 5.15 Å². The van der Waals surface area contributed by atoms with Gasteiger partial charge in [-0.05, 0) is 40.8 Å². The summed E-state index contributed by atoms with van der Waals surface area (Å²) in [4.78, 5) is 14.7. The first-order valence-corrected chi connectivity index (χ1v) is 9.01. The predicted molar refractivity (Wildman–Crippen MR) is 82.2 cm³/mol. The number of sulfonamides is 1. The van der Waals surface area contributed by atoms with E-state index in [2.05, 4.69) is 20.9 Å². The van der Waals surface area contributed by atoms with Crippen LogP contribution >= 0.6 is 27.5 Å². The van der Waals surface area contributed by atoms with Crippen molar-refractivity contribution in [2.24, 2.45) is 11.7 Å². The maximum Gasteiger partial charge on any atom is 0.246 e. The zero-order chi connectivity index (χ0) is 15.6. The van der Waals surface area contributed by atoms with E-state index in [0.717, 1.165) is 0 Å². The first-order chi connectivity index (χ1) is 9.80. The number of carbonyl (C=O) groups is 1. The van der Waals surface area contributed by atoms with Crippen molar-refractivity contribution in [1.82, 2.24) is 9.29 Å². The zero-order valence-electron chi connectivity index (χ0n) is 11.1. The summed E-state index contributed by atoms with van der Waals surface area (Å²) in [5, 5.41) is -0.0440. The number of rotatable bonds is 4. The van der Waals surface area contributed by atoms with E-state index >= 15 is 0 Å². The molecule has 0 atom stereocenters. The average molecular weight is 397 g/mol.